The van der Waals surface area contributed by atoms with E-state index in [2.05, 4.69) is 10.3 Å². The lowest BCUT2D eigenvalue weighted by molar-refractivity contribution is -0.580. The minimum Gasteiger partial charge on any atom is -0.618 e. The summed E-state index contributed by atoms with van der Waals surface area (Å²) in [6.07, 6.45) is 0. The van der Waals surface area contributed by atoms with Crippen LogP contribution >= 0.6 is 0 Å². The Bertz CT molecular complexity index is 973. The van der Waals surface area contributed by atoms with Crippen LogP contribution in [0.2, 0.25) is 0 Å². The van der Waals surface area contributed by atoms with Crippen LogP contribution in [-0.2, 0) is 9.53 Å². The topological polar surface area (TPSA) is 95.2 Å². The molecular weight excluding hydrogens is 334 g/mol. The van der Waals surface area contributed by atoms with Gasteiger partial charge in [0.15, 0.2) is 6.04 Å². The number of fused-ring (bicyclic) bond motifs is 1. The number of benzene rings is 2. The maximum Gasteiger partial charge on any atom is 0.333 e. The van der Waals surface area contributed by atoms with Gasteiger partial charge in [-0.1, -0.05) is 42.5 Å². The molecule has 1 atom stereocenters. The number of hydrogen-bond donors (Lipinski definition) is 1. The van der Waals surface area contributed by atoms with Crippen molar-refractivity contribution >= 4 is 22.9 Å². The number of para-hydroxylation sites is 2. The van der Waals surface area contributed by atoms with Crippen LogP contribution in [0, 0.1) is 12.1 Å². The van der Waals surface area contributed by atoms with Gasteiger partial charge >= 0.3 is 17.6 Å². The van der Waals surface area contributed by atoms with Crippen molar-refractivity contribution in [1.82, 2.24) is 10.3 Å². The number of carbonyl (C=O) groups is 2. The molecule has 0 aliphatic heterocycles. The monoisotopic (exact) mass is 351 g/mol. The number of aryl methyl sites for hydroxylation is 1. The minimum absolute atomic E-state index is 0.159. The van der Waals surface area contributed by atoms with Gasteiger partial charge in [0, 0.05) is 6.07 Å². The smallest absolute Gasteiger partial charge is 0.333 e. The Hall–Kier alpha value is -3.48. The second kappa shape index (κ2) is 7.18. The van der Waals surface area contributed by atoms with Crippen molar-refractivity contribution in [1.29, 1.82) is 0 Å². The van der Waals surface area contributed by atoms with Gasteiger partial charge in [-0.15, -0.1) is 0 Å². The van der Waals surface area contributed by atoms with Crippen LogP contribution in [0.5, 0.6) is 0 Å². The molecule has 3 aromatic rings. The summed E-state index contributed by atoms with van der Waals surface area (Å²) in [7, 11) is 1.24. The molecule has 1 amide bonds. The molecule has 1 aromatic heterocycles. The molecular formula is C19H17N3O4. The molecule has 0 saturated heterocycles. The third kappa shape index (κ3) is 3.19. The third-order valence-electron chi connectivity index (χ3n) is 3.99. The van der Waals surface area contributed by atoms with Crippen LogP contribution in [0.25, 0.3) is 11.0 Å². The molecule has 0 aliphatic rings. The van der Waals surface area contributed by atoms with Crippen molar-refractivity contribution in [3.8, 4) is 0 Å². The zero-order valence-electron chi connectivity index (χ0n) is 14.3. The highest BCUT2D eigenvalue weighted by atomic mass is 16.5. The second-order valence-electron chi connectivity index (χ2n) is 5.67. The average Bonchev–Trinajstić information content (AvgIpc) is 2.66. The van der Waals surface area contributed by atoms with E-state index in [1.165, 1.54) is 7.11 Å². The van der Waals surface area contributed by atoms with Gasteiger partial charge in [0.1, 0.15) is 11.2 Å². The summed E-state index contributed by atoms with van der Waals surface area (Å²) in [5, 5.41) is 15.2. The van der Waals surface area contributed by atoms with Gasteiger partial charge < -0.3 is 15.3 Å². The van der Waals surface area contributed by atoms with Crippen molar-refractivity contribution in [2.24, 2.45) is 0 Å². The maximum atomic E-state index is 12.8. The van der Waals surface area contributed by atoms with E-state index in [4.69, 9.17) is 4.74 Å². The first-order chi connectivity index (χ1) is 12.5. The van der Waals surface area contributed by atoms with Crippen molar-refractivity contribution in [3.63, 3.8) is 0 Å². The standard InChI is InChI=1S/C19H17N3O4/c1-12-17(22(25)15-11-7-6-10-14(15)20-12)18(23)21-16(19(24)26-2)13-8-4-3-5-9-13/h3-11,16H,1-2H3,(H,21,23). The van der Waals surface area contributed by atoms with Crippen LogP contribution in [0.4, 0.5) is 0 Å². The fourth-order valence-electron chi connectivity index (χ4n) is 2.73. The number of ether oxygens (including phenoxy) is 1. The van der Waals surface area contributed by atoms with E-state index in [-0.39, 0.29) is 16.9 Å². The van der Waals surface area contributed by atoms with Crippen molar-refractivity contribution in [2.45, 2.75) is 13.0 Å². The molecule has 26 heavy (non-hydrogen) atoms. The molecule has 7 nitrogen and oxygen atoms in total. The van der Waals surface area contributed by atoms with Gasteiger partial charge in [0.25, 0.3) is 0 Å². The van der Waals surface area contributed by atoms with Crippen molar-refractivity contribution < 1.29 is 19.1 Å². The summed E-state index contributed by atoms with van der Waals surface area (Å²) in [6, 6.07) is 14.4. The number of nitrogens with zero attached hydrogens (tertiary/aromatic N) is 2. The lowest BCUT2D eigenvalue weighted by Crippen LogP contribution is -2.44. The molecule has 1 heterocycles. The molecule has 0 aliphatic carbocycles. The molecule has 1 unspecified atom stereocenters. The van der Waals surface area contributed by atoms with Gasteiger partial charge in [0.05, 0.1) is 7.11 Å². The number of hydrogen-bond acceptors (Lipinski definition) is 5. The molecule has 0 bridgehead atoms. The van der Waals surface area contributed by atoms with Gasteiger partial charge in [-0.3, -0.25) is 4.79 Å². The number of rotatable bonds is 4. The van der Waals surface area contributed by atoms with Crippen LogP contribution in [0.15, 0.2) is 54.6 Å². The molecule has 2 aromatic carbocycles. The molecule has 0 saturated carbocycles. The first-order valence-electron chi connectivity index (χ1n) is 7.95. The summed E-state index contributed by atoms with van der Waals surface area (Å²) in [4.78, 5) is 29.2. The van der Waals surface area contributed by atoms with E-state index in [9.17, 15) is 14.8 Å². The largest absolute Gasteiger partial charge is 0.618 e. The van der Waals surface area contributed by atoms with Crippen LogP contribution < -0.4 is 10.0 Å². The van der Waals surface area contributed by atoms with Crippen molar-refractivity contribution in [2.75, 3.05) is 7.11 Å². The molecule has 0 radical (unpaired) electrons. The van der Waals surface area contributed by atoms with Gasteiger partial charge in [-0.2, -0.15) is 4.73 Å². The fraction of sp³-hybridized carbons (Fsp3) is 0.158. The van der Waals surface area contributed by atoms with E-state index >= 15 is 0 Å². The number of aromatic nitrogens is 2. The summed E-state index contributed by atoms with van der Waals surface area (Å²) in [5.74, 6) is -1.33. The number of methoxy groups -OCH3 is 1. The normalized spacial score (nSPS) is 11.8. The highest BCUT2D eigenvalue weighted by Gasteiger charge is 2.30. The molecule has 0 fully saturated rings. The zero-order chi connectivity index (χ0) is 18.7. The SMILES string of the molecule is COC(=O)C(NC(=O)c1c(C)nc2ccccc2[n+]1[O-])c1ccccc1. The zero-order valence-corrected chi connectivity index (χ0v) is 14.3. The molecule has 7 heteroatoms. The van der Waals surface area contributed by atoms with E-state index in [0.29, 0.717) is 15.8 Å². The Balaban J connectivity index is 2.00. The third-order valence-corrected chi connectivity index (χ3v) is 3.99. The highest BCUT2D eigenvalue weighted by molar-refractivity contribution is 5.96. The maximum absolute atomic E-state index is 12.8. The number of nitrogens with one attached hydrogen (secondary N) is 1. The Morgan fingerprint density at radius 2 is 1.77 bits per heavy atom. The summed E-state index contributed by atoms with van der Waals surface area (Å²) in [6.45, 7) is 1.57. The first kappa shape index (κ1) is 17.3. The number of esters is 1. The molecule has 1 N–H and O–H groups in total. The number of carbonyl (C=O) groups excluding carboxylic acids is 2. The minimum atomic E-state index is -1.03. The van der Waals surface area contributed by atoms with E-state index < -0.39 is 17.9 Å². The highest BCUT2D eigenvalue weighted by Crippen LogP contribution is 2.16. The van der Waals surface area contributed by atoms with E-state index in [0.717, 1.165) is 0 Å². The quantitative estimate of drug-likeness (QED) is 0.439. The average molecular weight is 351 g/mol. The summed E-state index contributed by atoms with van der Waals surface area (Å²) < 4.78 is 5.31. The van der Waals surface area contributed by atoms with Gasteiger partial charge in [0.2, 0.25) is 5.52 Å². The lowest BCUT2D eigenvalue weighted by atomic mass is 10.1. The summed E-state index contributed by atoms with van der Waals surface area (Å²) in [5.41, 5.74) is 1.43. The summed E-state index contributed by atoms with van der Waals surface area (Å²) >= 11 is 0. The Labute approximate surface area is 149 Å². The first-order valence-corrected chi connectivity index (χ1v) is 7.95. The van der Waals surface area contributed by atoms with Crippen molar-refractivity contribution in [3.05, 3.63) is 76.8 Å². The van der Waals surface area contributed by atoms with Gasteiger partial charge in [-0.25, -0.2) is 9.78 Å². The predicted octanol–water partition coefficient (Wildman–Crippen LogP) is 1.82. The van der Waals surface area contributed by atoms with Crippen LogP contribution in [0.1, 0.15) is 27.8 Å². The predicted molar refractivity (Wildman–Crippen MR) is 94.1 cm³/mol. The van der Waals surface area contributed by atoms with E-state index in [1.807, 2.05) is 0 Å². The van der Waals surface area contributed by atoms with Crippen LogP contribution in [-0.4, -0.2) is 24.0 Å². The molecule has 132 valence electrons. The molecule has 3 rings (SSSR count). The second-order valence-corrected chi connectivity index (χ2v) is 5.67. The Morgan fingerprint density at radius 1 is 1.12 bits per heavy atom. The molecule has 0 spiro atoms. The lowest BCUT2D eigenvalue weighted by Gasteiger charge is -2.17. The van der Waals surface area contributed by atoms with Crippen LogP contribution in [0.3, 0.4) is 0 Å². The Morgan fingerprint density at radius 3 is 2.46 bits per heavy atom. The van der Waals surface area contributed by atoms with E-state index in [1.54, 1.807) is 61.5 Å². The van der Waals surface area contributed by atoms with Gasteiger partial charge in [-0.05, 0) is 18.6 Å². The number of amides is 1. The Kier molecular flexibility index (Phi) is 4.79. The fourth-order valence-corrected chi connectivity index (χ4v) is 2.73.